The molecular formula is C26H54O7. The smallest absolute Gasteiger partial charge is 0.146 e. The van der Waals surface area contributed by atoms with Gasteiger partial charge < -0.3 is 33.5 Å². The molecule has 0 radical (unpaired) electrons. The molecule has 0 saturated carbocycles. The quantitative estimate of drug-likeness (QED) is 0.113. The van der Waals surface area contributed by atoms with Crippen LogP contribution in [0.3, 0.4) is 0 Å². The van der Waals surface area contributed by atoms with E-state index >= 15 is 0 Å². The zero-order chi connectivity index (χ0) is 23.9. The monoisotopic (exact) mass is 478 g/mol. The summed E-state index contributed by atoms with van der Waals surface area (Å²) in [6, 6.07) is 0. The van der Waals surface area contributed by atoms with E-state index < -0.39 is 0 Å². The van der Waals surface area contributed by atoms with Gasteiger partial charge in [0.2, 0.25) is 0 Å². The van der Waals surface area contributed by atoms with E-state index in [1.54, 1.807) is 0 Å². The average molecular weight is 479 g/mol. The first kappa shape index (κ1) is 32.7. The third kappa shape index (κ3) is 31.7. The molecule has 0 aliphatic rings. The summed E-state index contributed by atoms with van der Waals surface area (Å²) in [7, 11) is 0. The molecule has 0 aromatic carbocycles. The predicted octanol–water partition coefficient (Wildman–Crippen LogP) is 5.13. The summed E-state index contributed by atoms with van der Waals surface area (Å²) in [6.45, 7) is 8.41. The van der Waals surface area contributed by atoms with Crippen LogP contribution in [0.4, 0.5) is 0 Å². The molecule has 0 saturated heterocycles. The Balaban J connectivity index is 2.99. The van der Waals surface area contributed by atoms with E-state index in [0.717, 1.165) is 19.4 Å². The third-order valence-corrected chi connectivity index (χ3v) is 5.24. The molecule has 0 rings (SSSR count). The molecule has 0 spiro atoms. The van der Waals surface area contributed by atoms with Gasteiger partial charge in [-0.05, 0) is 12.8 Å². The van der Waals surface area contributed by atoms with E-state index in [1.807, 2.05) is 0 Å². The topological polar surface area (TPSA) is 75.6 Å². The molecule has 0 unspecified atom stereocenters. The highest BCUT2D eigenvalue weighted by atomic mass is 16.7. The van der Waals surface area contributed by atoms with Crippen molar-refractivity contribution in [1.29, 1.82) is 0 Å². The molecule has 0 aliphatic heterocycles. The highest BCUT2D eigenvalue weighted by Gasteiger charge is 1.96. The lowest BCUT2D eigenvalue weighted by molar-refractivity contribution is -0.0606. The van der Waals surface area contributed by atoms with Crippen molar-refractivity contribution in [2.75, 3.05) is 79.5 Å². The van der Waals surface area contributed by atoms with Crippen LogP contribution in [-0.4, -0.2) is 84.6 Å². The number of aliphatic hydroxyl groups excluding tert-OH is 1. The SMILES string of the molecule is CCCCCCCCCCCCCCOCOCCCOCCOCCOCCOCCO. The van der Waals surface area contributed by atoms with Crippen LogP contribution in [0.15, 0.2) is 0 Å². The normalized spacial score (nSPS) is 11.5. The van der Waals surface area contributed by atoms with Crippen LogP contribution in [0.5, 0.6) is 0 Å². The van der Waals surface area contributed by atoms with Crippen molar-refractivity contribution in [3.63, 3.8) is 0 Å². The number of hydrogen-bond donors (Lipinski definition) is 1. The van der Waals surface area contributed by atoms with E-state index in [0.29, 0.717) is 66.3 Å². The molecule has 0 fully saturated rings. The molecular weight excluding hydrogens is 424 g/mol. The zero-order valence-corrected chi connectivity index (χ0v) is 21.6. The molecule has 0 aromatic rings. The van der Waals surface area contributed by atoms with Gasteiger partial charge >= 0.3 is 0 Å². The van der Waals surface area contributed by atoms with Crippen molar-refractivity contribution in [1.82, 2.24) is 0 Å². The second kappa shape index (κ2) is 31.7. The molecule has 0 aliphatic carbocycles. The van der Waals surface area contributed by atoms with Crippen molar-refractivity contribution < 1.29 is 33.5 Å². The Morgan fingerprint density at radius 3 is 1.21 bits per heavy atom. The summed E-state index contributed by atoms with van der Waals surface area (Å²) in [5, 5.41) is 8.56. The zero-order valence-electron chi connectivity index (χ0n) is 21.6. The number of aliphatic hydroxyl groups is 1. The minimum Gasteiger partial charge on any atom is -0.394 e. The highest BCUT2D eigenvalue weighted by molar-refractivity contribution is 4.48. The summed E-state index contributed by atoms with van der Waals surface area (Å²) in [4.78, 5) is 0. The maximum Gasteiger partial charge on any atom is 0.146 e. The van der Waals surface area contributed by atoms with E-state index in [2.05, 4.69) is 6.92 Å². The van der Waals surface area contributed by atoms with Crippen LogP contribution >= 0.6 is 0 Å². The molecule has 33 heavy (non-hydrogen) atoms. The van der Waals surface area contributed by atoms with Crippen LogP contribution in [0, 0.1) is 0 Å². The molecule has 1 N–H and O–H groups in total. The van der Waals surface area contributed by atoms with Crippen molar-refractivity contribution in [3.8, 4) is 0 Å². The summed E-state index contributed by atoms with van der Waals surface area (Å²) < 4.78 is 32.3. The van der Waals surface area contributed by atoms with Crippen molar-refractivity contribution in [2.45, 2.75) is 90.4 Å². The van der Waals surface area contributed by atoms with Crippen LogP contribution in [0.25, 0.3) is 0 Å². The summed E-state index contributed by atoms with van der Waals surface area (Å²) in [6.07, 6.45) is 17.2. The molecule has 7 nitrogen and oxygen atoms in total. The molecule has 200 valence electrons. The van der Waals surface area contributed by atoms with Gasteiger partial charge in [-0.1, -0.05) is 77.6 Å². The fraction of sp³-hybridized carbons (Fsp3) is 1.00. The molecule has 0 bridgehead atoms. The van der Waals surface area contributed by atoms with Gasteiger partial charge in [0, 0.05) is 13.2 Å². The summed E-state index contributed by atoms with van der Waals surface area (Å²) in [5.74, 6) is 0. The van der Waals surface area contributed by atoms with Crippen molar-refractivity contribution >= 4 is 0 Å². The summed E-state index contributed by atoms with van der Waals surface area (Å²) in [5.41, 5.74) is 0. The first-order chi connectivity index (χ1) is 16.4. The van der Waals surface area contributed by atoms with Gasteiger partial charge in [0.15, 0.2) is 0 Å². The van der Waals surface area contributed by atoms with Gasteiger partial charge in [0.1, 0.15) is 6.79 Å². The average Bonchev–Trinajstić information content (AvgIpc) is 2.83. The fourth-order valence-electron chi connectivity index (χ4n) is 3.31. The van der Waals surface area contributed by atoms with Gasteiger partial charge in [0.25, 0.3) is 0 Å². The molecule has 0 heterocycles. The minimum atomic E-state index is 0.0442. The van der Waals surface area contributed by atoms with E-state index in [-0.39, 0.29) is 6.61 Å². The number of unbranched alkanes of at least 4 members (excludes halogenated alkanes) is 11. The van der Waals surface area contributed by atoms with Gasteiger partial charge in [-0.15, -0.1) is 0 Å². The van der Waals surface area contributed by atoms with Crippen LogP contribution < -0.4 is 0 Å². The maximum absolute atomic E-state index is 8.56. The third-order valence-electron chi connectivity index (χ3n) is 5.24. The number of hydrogen-bond acceptors (Lipinski definition) is 7. The largest absolute Gasteiger partial charge is 0.394 e. The fourth-order valence-corrected chi connectivity index (χ4v) is 3.31. The standard InChI is InChI=1S/C26H54O7/c1-2-3-4-5-6-7-8-9-10-11-12-13-16-32-26-33-18-14-17-28-20-22-30-24-25-31-23-21-29-19-15-27/h27H,2-26H2,1H3. The number of ether oxygens (including phenoxy) is 6. The van der Waals surface area contributed by atoms with E-state index in [9.17, 15) is 0 Å². The Morgan fingerprint density at radius 2 is 0.727 bits per heavy atom. The Labute approximate surface area is 203 Å². The first-order valence-corrected chi connectivity index (χ1v) is 13.5. The minimum absolute atomic E-state index is 0.0442. The van der Waals surface area contributed by atoms with E-state index in [1.165, 1.54) is 70.6 Å². The number of rotatable bonds is 30. The Hall–Kier alpha value is -0.280. The highest BCUT2D eigenvalue weighted by Crippen LogP contribution is 2.11. The Kier molecular flexibility index (Phi) is 31.5. The van der Waals surface area contributed by atoms with Gasteiger partial charge in [0.05, 0.1) is 59.5 Å². The Morgan fingerprint density at radius 1 is 0.364 bits per heavy atom. The van der Waals surface area contributed by atoms with Crippen LogP contribution in [0.1, 0.15) is 90.4 Å². The van der Waals surface area contributed by atoms with Crippen LogP contribution in [-0.2, 0) is 28.4 Å². The van der Waals surface area contributed by atoms with E-state index in [4.69, 9.17) is 33.5 Å². The molecule has 0 atom stereocenters. The molecule has 0 aromatic heterocycles. The van der Waals surface area contributed by atoms with Crippen molar-refractivity contribution in [2.24, 2.45) is 0 Å². The second-order valence-corrected chi connectivity index (χ2v) is 8.35. The lowest BCUT2D eigenvalue weighted by Gasteiger charge is -2.08. The maximum atomic E-state index is 8.56. The van der Waals surface area contributed by atoms with Crippen LogP contribution in [0.2, 0.25) is 0 Å². The summed E-state index contributed by atoms with van der Waals surface area (Å²) >= 11 is 0. The predicted molar refractivity (Wildman–Crippen MR) is 133 cm³/mol. The van der Waals surface area contributed by atoms with Gasteiger partial charge in [-0.2, -0.15) is 0 Å². The van der Waals surface area contributed by atoms with Gasteiger partial charge in [-0.3, -0.25) is 0 Å². The molecule has 0 amide bonds. The molecule has 7 heteroatoms. The first-order valence-electron chi connectivity index (χ1n) is 13.5. The van der Waals surface area contributed by atoms with Gasteiger partial charge in [-0.25, -0.2) is 0 Å². The lowest BCUT2D eigenvalue weighted by Crippen LogP contribution is -2.13. The Bertz CT molecular complexity index is 302. The second-order valence-electron chi connectivity index (χ2n) is 8.35. The lowest BCUT2D eigenvalue weighted by atomic mass is 10.1. The van der Waals surface area contributed by atoms with Crippen molar-refractivity contribution in [3.05, 3.63) is 0 Å².